The molecule has 0 bridgehead atoms. The summed E-state index contributed by atoms with van der Waals surface area (Å²) in [6.07, 6.45) is 0.629. The predicted molar refractivity (Wildman–Crippen MR) is 117 cm³/mol. The predicted octanol–water partition coefficient (Wildman–Crippen LogP) is 3.19. The Morgan fingerprint density at radius 3 is 2.26 bits per heavy atom. The number of ether oxygens (including phenoxy) is 2. The molecule has 1 aliphatic rings. The van der Waals surface area contributed by atoms with Crippen molar-refractivity contribution >= 4 is 22.6 Å². The number of carbonyl (C=O) groups excluding carboxylic acids is 2. The van der Waals surface area contributed by atoms with Crippen molar-refractivity contribution in [1.29, 1.82) is 0 Å². The lowest BCUT2D eigenvalue weighted by atomic mass is 9.84. The average Bonchev–Trinajstić information content (AvgIpc) is 3.13. The van der Waals surface area contributed by atoms with Crippen LogP contribution in [0.2, 0.25) is 0 Å². The highest BCUT2D eigenvalue weighted by Gasteiger charge is 2.38. The van der Waals surface area contributed by atoms with Gasteiger partial charge in [-0.15, -0.1) is 0 Å². The van der Waals surface area contributed by atoms with Crippen LogP contribution in [-0.4, -0.2) is 54.0 Å². The molecule has 0 aliphatic carbocycles. The summed E-state index contributed by atoms with van der Waals surface area (Å²) in [5.74, 6) is 0.110. The fourth-order valence-electron chi connectivity index (χ4n) is 4.26. The van der Waals surface area contributed by atoms with Crippen LogP contribution in [0.5, 0.6) is 11.5 Å². The average molecular weight is 422 g/mol. The molecule has 1 fully saturated rings. The van der Waals surface area contributed by atoms with E-state index in [4.69, 9.17) is 9.47 Å². The molecule has 1 amide bonds. The standard InChI is InChI=1S/C24H26N2O5/c1-15-21(19-6-4-5-7-20(19)25-15)22(27)23(28)26-10-8-24(29,9-11-26)16-12-17(30-2)14-18(13-16)31-3/h4-7,12-14,25,29H,8-11H2,1-3H3. The van der Waals surface area contributed by atoms with Crippen LogP contribution in [0.3, 0.4) is 0 Å². The lowest BCUT2D eigenvalue weighted by molar-refractivity contribution is -0.131. The highest BCUT2D eigenvalue weighted by Crippen LogP contribution is 2.37. The number of amides is 1. The summed E-state index contributed by atoms with van der Waals surface area (Å²) in [4.78, 5) is 30.7. The second kappa shape index (κ2) is 8.07. The third-order valence-corrected chi connectivity index (χ3v) is 6.08. The molecule has 7 nitrogen and oxygen atoms in total. The van der Waals surface area contributed by atoms with Crippen molar-refractivity contribution in [3.05, 3.63) is 59.3 Å². The van der Waals surface area contributed by atoms with Gasteiger partial charge < -0.3 is 24.5 Å². The molecule has 0 radical (unpaired) electrons. The molecule has 0 atom stereocenters. The number of nitrogens with one attached hydrogen (secondary N) is 1. The number of H-pyrrole nitrogens is 1. The number of Topliss-reactive ketones (excluding diaryl/α,β-unsaturated/α-hetero) is 1. The van der Waals surface area contributed by atoms with Crippen molar-refractivity contribution in [3.8, 4) is 11.5 Å². The van der Waals surface area contributed by atoms with E-state index < -0.39 is 17.3 Å². The fraction of sp³-hybridized carbons (Fsp3) is 0.333. The molecule has 7 heteroatoms. The van der Waals surface area contributed by atoms with Gasteiger partial charge in [0.15, 0.2) is 0 Å². The maximum atomic E-state index is 13.0. The summed E-state index contributed by atoms with van der Waals surface area (Å²) in [5.41, 5.74) is 1.47. The Morgan fingerprint density at radius 1 is 1.03 bits per heavy atom. The fourth-order valence-corrected chi connectivity index (χ4v) is 4.26. The summed E-state index contributed by atoms with van der Waals surface area (Å²) in [7, 11) is 3.12. The Bertz CT molecular complexity index is 1120. The van der Waals surface area contributed by atoms with Crippen LogP contribution in [0.1, 0.15) is 34.5 Å². The Kier molecular flexibility index (Phi) is 5.45. The Morgan fingerprint density at radius 2 is 1.65 bits per heavy atom. The van der Waals surface area contributed by atoms with E-state index in [1.807, 2.05) is 24.3 Å². The lowest BCUT2D eigenvalue weighted by Gasteiger charge is -2.38. The molecule has 162 valence electrons. The molecule has 3 aromatic rings. The molecule has 0 saturated carbocycles. The SMILES string of the molecule is COc1cc(OC)cc(C2(O)CCN(C(=O)C(=O)c3c(C)[nH]c4ccccc34)CC2)c1. The van der Waals surface area contributed by atoms with Crippen molar-refractivity contribution in [2.24, 2.45) is 0 Å². The minimum absolute atomic E-state index is 0.280. The van der Waals surface area contributed by atoms with Crippen LogP contribution in [0, 0.1) is 6.92 Å². The molecule has 31 heavy (non-hydrogen) atoms. The normalized spacial score (nSPS) is 15.7. The number of methoxy groups -OCH3 is 2. The van der Waals surface area contributed by atoms with E-state index in [0.717, 1.165) is 10.9 Å². The number of likely N-dealkylation sites (tertiary alicyclic amines) is 1. The first-order chi connectivity index (χ1) is 14.9. The monoisotopic (exact) mass is 422 g/mol. The first-order valence-corrected chi connectivity index (χ1v) is 10.2. The number of carbonyl (C=O) groups is 2. The topological polar surface area (TPSA) is 91.9 Å². The minimum Gasteiger partial charge on any atom is -0.497 e. The Labute approximate surface area is 180 Å². The third-order valence-electron chi connectivity index (χ3n) is 6.08. The second-order valence-electron chi connectivity index (χ2n) is 7.92. The van der Waals surface area contributed by atoms with E-state index in [1.54, 1.807) is 39.3 Å². The maximum absolute atomic E-state index is 13.0. The van der Waals surface area contributed by atoms with Crippen LogP contribution >= 0.6 is 0 Å². The molecular formula is C24H26N2O5. The molecule has 2 aromatic carbocycles. The Hall–Kier alpha value is -3.32. The van der Waals surface area contributed by atoms with Gasteiger partial charge in [-0.1, -0.05) is 18.2 Å². The summed E-state index contributed by atoms with van der Waals surface area (Å²) in [6.45, 7) is 2.36. The largest absolute Gasteiger partial charge is 0.497 e. The zero-order chi connectivity index (χ0) is 22.2. The van der Waals surface area contributed by atoms with E-state index in [1.165, 1.54) is 4.90 Å². The van der Waals surface area contributed by atoms with Gasteiger partial charge in [0, 0.05) is 35.8 Å². The number of para-hydroxylation sites is 1. The van der Waals surface area contributed by atoms with Gasteiger partial charge >= 0.3 is 0 Å². The highest BCUT2D eigenvalue weighted by atomic mass is 16.5. The van der Waals surface area contributed by atoms with Crippen LogP contribution in [-0.2, 0) is 10.4 Å². The van der Waals surface area contributed by atoms with Gasteiger partial charge in [-0.2, -0.15) is 0 Å². The van der Waals surface area contributed by atoms with E-state index in [-0.39, 0.29) is 13.1 Å². The van der Waals surface area contributed by atoms with Crippen molar-refractivity contribution in [2.75, 3.05) is 27.3 Å². The van der Waals surface area contributed by atoms with Crippen LogP contribution in [0.25, 0.3) is 10.9 Å². The highest BCUT2D eigenvalue weighted by molar-refractivity contribution is 6.45. The van der Waals surface area contributed by atoms with Gasteiger partial charge in [0.05, 0.1) is 25.4 Å². The first-order valence-electron chi connectivity index (χ1n) is 10.2. The quantitative estimate of drug-likeness (QED) is 0.487. The first kappa shape index (κ1) is 20.9. The van der Waals surface area contributed by atoms with Crippen molar-refractivity contribution in [3.63, 3.8) is 0 Å². The van der Waals surface area contributed by atoms with Crippen molar-refractivity contribution in [2.45, 2.75) is 25.4 Å². The van der Waals surface area contributed by atoms with Crippen molar-refractivity contribution in [1.82, 2.24) is 9.88 Å². The molecule has 0 unspecified atom stereocenters. The van der Waals surface area contributed by atoms with Gasteiger partial charge in [0.2, 0.25) is 0 Å². The number of aliphatic hydroxyl groups is 1. The number of aromatic amines is 1. The second-order valence-corrected chi connectivity index (χ2v) is 7.92. The van der Waals surface area contributed by atoms with Gasteiger partial charge in [0.1, 0.15) is 11.5 Å². The number of rotatable bonds is 5. The van der Waals surface area contributed by atoms with Crippen LogP contribution in [0.15, 0.2) is 42.5 Å². The Balaban J connectivity index is 1.52. The number of aromatic nitrogens is 1. The molecule has 1 aliphatic heterocycles. The number of piperidine rings is 1. The van der Waals surface area contributed by atoms with Gasteiger partial charge in [-0.25, -0.2) is 0 Å². The number of hydrogen-bond acceptors (Lipinski definition) is 5. The molecule has 4 rings (SSSR count). The molecule has 0 spiro atoms. The van der Waals surface area contributed by atoms with Gasteiger partial charge in [-0.3, -0.25) is 9.59 Å². The van der Waals surface area contributed by atoms with E-state index in [2.05, 4.69) is 4.98 Å². The van der Waals surface area contributed by atoms with Crippen molar-refractivity contribution < 1.29 is 24.2 Å². The summed E-state index contributed by atoms with van der Waals surface area (Å²) < 4.78 is 10.6. The molecule has 2 N–H and O–H groups in total. The molecule has 2 heterocycles. The smallest absolute Gasteiger partial charge is 0.295 e. The minimum atomic E-state index is -1.13. The van der Waals surface area contributed by atoms with Crippen LogP contribution in [0.4, 0.5) is 0 Å². The number of aryl methyl sites for hydroxylation is 1. The molecule has 1 aromatic heterocycles. The molecule has 1 saturated heterocycles. The number of benzene rings is 2. The third kappa shape index (κ3) is 3.77. The summed E-state index contributed by atoms with van der Waals surface area (Å²) in [6, 6.07) is 12.7. The van der Waals surface area contributed by atoms with E-state index >= 15 is 0 Å². The number of hydrogen-bond donors (Lipinski definition) is 2. The number of nitrogens with zero attached hydrogens (tertiary/aromatic N) is 1. The van der Waals surface area contributed by atoms with Crippen LogP contribution < -0.4 is 9.47 Å². The summed E-state index contributed by atoms with van der Waals surface area (Å²) >= 11 is 0. The zero-order valence-electron chi connectivity index (χ0n) is 17.9. The zero-order valence-corrected chi connectivity index (χ0v) is 17.9. The molecular weight excluding hydrogens is 396 g/mol. The van der Waals surface area contributed by atoms with Gasteiger partial charge in [-0.05, 0) is 43.5 Å². The summed E-state index contributed by atoms with van der Waals surface area (Å²) in [5, 5.41) is 12.0. The number of ketones is 1. The number of fused-ring (bicyclic) bond motifs is 1. The van der Waals surface area contributed by atoms with E-state index in [9.17, 15) is 14.7 Å². The van der Waals surface area contributed by atoms with Gasteiger partial charge in [0.25, 0.3) is 11.7 Å². The van der Waals surface area contributed by atoms with E-state index in [0.29, 0.717) is 41.2 Å². The lowest BCUT2D eigenvalue weighted by Crippen LogP contribution is -2.47. The maximum Gasteiger partial charge on any atom is 0.295 e.